The molecule has 2 heterocycles. The Kier molecular flexibility index (Phi) is 4.49. The molecule has 2 aliphatic carbocycles. The van der Waals surface area contributed by atoms with Gasteiger partial charge >= 0.3 is 0 Å². The molecule has 5 rings (SSSR count). The summed E-state index contributed by atoms with van der Waals surface area (Å²) in [4.78, 5) is 23.6. The molecule has 3 aliphatic rings. The second-order valence-corrected chi connectivity index (χ2v) is 8.00. The van der Waals surface area contributed by atoms with Crippen LogP contribution in [0.15, 0.2) is 52.7 Å². The van der Waals surface area contributed by atoms with Crippen molar-refractivity contribution in [3.63, 3.8) is 0 Å². The third kappa shape index (κ3) is 3.48. The second kappa shape index (κ2) is 7.17. The van der Waals surface area contributed by atoms with Crippen molar-refractivity contribution in [2.75, 3.05) is 6.54 Å². The molecule has 0 radical (unpaired) electrons. The Bertz CT molecular complexity index is 1020. The van der Waals surface area contributed by atoms with Crippen molar-refractivity contribution in [2.24, 2.45) is 4.99 Å². The molecule has 148 valence electrons. The van der Waals surface area contributed by atoms with E-state index in [1.54, 1.807) is 24.3 Å². The third-order valence-corrected chi connectivity index (χ3v) is 6.00. The van der Waals surface area contributed by atoms with Crippen molar-refractivity contribution >= 4 is 12.1 Å². The average molecular weight is 393 g/mol. The highest BCUT2D eigenvalue weighted by atomic mass is 19.1. The summed E-state index contributed by atoms with van der Waals surface area (Å²) >= 11 is 0. The van der Waals surface area contributed by atoms with Crippen LogP contribution in [0.25, 0.3) is 11.3 Å². The number of carbonyl (C=O) groups excluding carboxylic acids is 1. The van der Waals surface area contributed by atoms with E-state index in [-0.39, 0.29) is 17.6 Å². The van der Waals surface area contributed by atoms with Crippen molar-refractivity contribution in [1.29, 1.82) is 0 Å². The maximum atomic E-state index is 14.0. The number of hydrogen-bond donors (Lipinski definition) is 0. The number of halogens is 2. The van der Waals surface area contributed by atoms with E-state index in [1.165, 1.54) is 11.1 Å². The first kappa shape index (κ1) is 18.2. The maximum absolute atomic E-state index is 14.0. The first-order valence-corrected chi connectivity index (χ1v) is 10.0. The van der Waals surface area contributed by atoms with Crippen LogP contribution in [0, 0.1) is 11.6 Å². The minimum Gasteiger partial charge on any atom is -0.332 e. The molecular weight excluding hydrogens is 372 g/mol. The zero-order valence-electron chi connectivity index (χ0n) is 15.9. The molecule has 1 atom stereocenters. The van der Waals surface area contributed by atoms with Crippen LogP contribution >= 0.6 is 0 Å². The molecule has 1 aromatic heterocycles. The van der Waals surface area contributed by atoms with Crippen molar-refractivity contribution in [1.82, 2.24) is 9.88 Å². The lowest BCUT2D eigenvalue weighted by atomic mass is 9.88. The lowest BCUT2D eigenvalue weighted by Gasteiger charge is -2.35. The number of aromatic nitrogens is 1. The smallest absolute Gasteiger partial charge is 0.254 e. The Morgan fingerprint density at radius 2 is 1.86 bits per heavy atom. The van der Waals surface area contributed by atoms with E-state index in [9.17, 15) is 13.6 Å². The summed E-state index contributed by atoms with van der Waals surface area (Å²) in [6.07, 6.45) is 7.92. The van der Waals surface area contributed by atoms with Gasteiger partial charge in [0, 0.05) is 35.5 Å². The van der Waals surface area contributed by atoms with Crippen molar-refractivity contribution in [3.8, 4) is 11.3 Å². The molecular formula is C23H21F2N3O. The summed E-state index contributed by atoms with van der Waals surface area (Å²) in [5, 5.41) is 0. The molecule has 1 saturated carbocycles. The fraction of sp³-hybridized carbons (Fsp3) is 0.348. The number of hydrogen-bond acceptors (Lipinski definition) is 3. The monoisotopic (exact) mass is 393 g/mol. The minimum absolute atomic E-state index is 0.0237. The van der Waals surface area contributed by atoms with E-state index in [2.05, 4.69) is 14.9 Å². The number of nitrogens with zero attached hydrogens (tertiary/aromatic N) is 3. The minimum atomic E-state index is -0.715. The molecule has 0 saturated heterocycles. The fourth-order valence-electron chi connectivity index (χ4n) is 4.36. The van der Waals surface area contributed by atoms with E-state index in [0.29, 0.717) is 17.2 Å². The molecule has 4 nitrogen and oxygen atoms in total. The van der Waals surface area contributed by atoms with Crippen molar-refractivity contribution in [3.05, 3.63) is 64.9 Å². The lowest BCUT2D eigenvalue weighted by Crippen LogP contribution is -2.43. The van der Waals surface area contributed by atoms with E-state index in [4.69, 9.17) is 0 Å². The van der Waals surface area contributed by atoms with Gasteiger partial charge < -0.3 is 4.90 Å². The fourth-order valence-corrected chi connectivity index (χ4v) is 4.36. The number of aliphatic imine (C=N–C) groups is 1. The Hall–Kier alpha value is -2.89. The van der Waals surface area contributed by atoms with Crippen LogP contribution in [0.3, 0.4) is 0 Å². The van der Waals surface area contributed by atoms with Crippen molar-refractivity contribution in [2.45, 2.75) is 44.2 Å². The number of carbonyl (C=O) groups is 1. The molecule has 1 aliphatic heterocycles. The number of pyridine rings is 1. The second-order valence-electron chi connectivity index (χ2n) is 8.00. The average Bonchev–Trinajstić information content (AvgIpc) is 3.44. The van der Waals surface area contributed by atoms with Crippen LogP contribution in [-0.2, 0) is 0 Å². The summed E-state index contributed by atoms with van der Waals surface area (Å²) in [7, 11) is 0. The lowest BCUT2D eigenvalue weighted by molar-refractivity contribution is 0.0645. The summed E-state index contributed by atoms with van der Waals surface area (Å²) < 4.78 is 27.1. The number of benzene rings is 1. The Morgan fingerprint density at radius 1 is 1.07 bits per heavy atom. The van der Waals surface area contributed by atoms with Gasteiger partial charge in [0.1, 0.15) is 11.5 Å². The van der Waals surface area contributed by atoms with Gasteiger partial charge in [-0.1, -0.05) is 12.1 Å². The predicted octanol–water partition coefficient (Wildman–Crippen LogP) is 4.56. The van der Waals surface area contributed by atoms with Crippen LogP contribution in [0.5, 0.6) is 0 Å². The third-order valence-electron chi connectivity index (χ3n) is 6.00. The Morgan fingerprint density at radius 3 is 2.59 bits per heavy atom. The summed E-state index contributed by atoms with van der Waals surface area (Å²) in [6, 6.07) is 8.09. The first-order chi connectivity index (χ1) is 14.1. The summed E-state index contributed by atoms with van der Waals surface area (Å²) in [6.45, 7) is 0.814. The molecule has 1 aromatic carbocycles. The van der Waals surface area contributed by atoms with E-state index in [0.717, 1.165) is 50.9 Å². The molecule has 0 N–H and O–H groups in total. The quantitative estimate of drug-likeness (QED) is 0.764. The molecule has 6 heteroatoms. The van der Waals surface area contributed by atoms with Gasteiger partial charge in [0.05, 0.1) is 12.7 Å². The maximum Gasteiger partial charge on any atom is 0.254 e. The van der Waals surface area contributed by atoms with Gasteiger partial charge in [0.2, 0.25) is 0 Å². The van der Waals surface area contributed by atoms with E-state index < -0.39 is 11.6 Å². The topological polar surface area (TPSA) is 45.6 Å². The standard InChI is InChI=1S/C23H21F2N3O/c24-18-10-21(25)22(27-13-18)14-1-3-15(4-2-14)23(29)28(19-7-8-19)20-6-5-16-11-26-12-17(16)9-20/h1-4,10,12-13,19-20H,5-9,11H2. The van der Waals surface area contributed by atoms with Crippen LogP contribution in [0.2, 0.25) is 0 Å². The van der Waals surface area contributed by atoms with Crippen LogP contribution in [0.4, 0.5) is 8.78 Å². The van der Waals surface area contributed by atoms with Crippen LogP contribution in [0.1, 0.15) is 42.5 Å². The molecule has 1 fully saturated rings. The highest BCUT2D eigenvalue weighted by Crippen LogP contribution is 2.37. The Labute approximate surface area is 168 Å². The summed E-state index contributed by atoms with van der Waals surface area (Å²) in [5.41, 5.74) is 3.90. The van der Waals surface area contributed by atoms with Gasteiger partial charge in [-0.2, -0.15) is 0 Å². The van der Waals surface area contributed by atoms with Gasteiger partial charge in [0.25, 0.3) is 5.91 Å². The van der Waals surface area contributed by atoms with Crippen LogP contribution < -0.4 is 0 Å². The van der Waals surface area contributed by atoms with Gasteiger partial charge in [-0.05, 0) is 55.4 Å². The molecule has 29 heavy (non-hydrogen) atoms. The highest BCUT2D eigenvalue weighted by molar-refractivity contribution is 5.95. The molecule has 1 amide bonds. The zero-order valence-corrected chi connectivity index (χ0v) is 15.9. The summed E-state index contributed by atoms with van der Waals surface area (Å²) in [5.74, 6) is -1.40. The normalized spacial score (nSPS) is 20.7. The highest BCUT2D eigenvalue weighted by Gasteiger charge is 2.39. The SMILES string of the molecule is O=C(c1ccc(-c2ncc(F)cc2F)cc1)N(C1CC1)C1CCC2=C(C=NC2)C1. The first-order valence-electron chi connectivity index (χ1n) is 10.0. The van der Waals surface area contributed by atoms with E-state index >= 15 is 0 Å². The van der Waals surface area contributed by atoms with E-state index in [1.807, 2.05) is 6.21 Å². The van der Waals surface area contributed by atoms with Crippen LogP contribution in [-0.4, -0.2) is 40.6 Å². The van der Waals surface area contributed by atoms with Gasteiger partial charge in [-0.15, -0.1) is 0 Å². The number of rotatable bonds is 4. The number of amides is 1. The van der Waals surface area contributed by atoms with Gasteiger partial charge in [-0.3, -0.25) is 14.8 Å². The molecule has 0 spiro atoms. The van der Waals surface area contributed by atoms with Gasteiger partial charge in [-0.25, -0.2) is 8.78 Å². The molecule has 1 unspecified atom stereocenters. The zero-order chi connectivity index (χ0) is 20.0. The Balaban J connectivity index is 1.38. The molecule has 2 aromatic rings. The van der Waals surface area contributed by atoms with Crippen molar-refractivity contribution < 1.29 is 13.6 Å². The largest absolute Gasteiger partial charge is 0.332 e. The van der Waals surface area contributed by atoms with Gasteiger partial charge in [0.15, 0.2) is 5.82 Å². The predicted molar refractivity (Wildman–Crippen MR) is 107 cm³/mol. The molecule has 0 bridgehead atoms.